The Balaban J connectivity index is 0.00000300. The standard InChI is InChI=1S/C21H27FN4O2.HI/c1-3-23-21(24-15-16-8-9-20(28-2)19(27)14-16)26-12-10-25(11-13-26)18-7-5-4-6-17(18)22;/h4-9,14,27H,3,10-13,15H2,1-2H3,(H,23,24);1H. The van der Waals surface area contributed by atoms with E-state index in [9.17, 15) is 9.50 Å². The van der Waals surface area contributed by atoms with Gasteiger partial charge >= 0.3 is 0 Å². The molecule has 1 heterocycles. The van der Waals surface area contributed by atoms with Crippen LogP contribution in [0, 0.1) is 5.82 Å². The fraction of sp³-hybridized carbons (Fsp3) is 0.381. The summed E-state index contributed by atoms with van der Waals surface area (Å²) in [6.45, 7) is 6.23. The van der Waals surface area contributed by atoms with E-state index in [4.69, 9.17) is 9.73 Å². The summed E-state index contributed by atoms with van der Waals surface area (Å²) >= 11 is 0. The van der Waals surface area contributed by atoms with Crippen molar-refractivity contribution in [1.29, 1.82) is 0 Å². The van der Waals surface area contributed by atoms with E-state index in [0.29, 0.717) is 18.0 Å². The van der Waals surface area contributed by atoms with E-state index in [-0.39, 0.29) is 35.5 Å². The van der Waals surface area contributed by atoms with E-state index in [2.05, 4.69) is 15.1 Å². The predicted octanol–water partition coefficient (Wildman–Crippen LogP) is 3.45. The van der Waals surface area contributed by atoms with E-state index in [1.807, 2.05) is 25.1 Å². The number of hydrogen-bond donors (Lipinski definition) is 2. The number of benzene rings is 2. The number of nitrogens with zero attached hydrogens (tertiary/aromatic N) is 3. The first kappa shape index (κ1) is 23.1. The SMILES string of the molecule is CCNC(=NCc1ccc(OC)c(O)c1)N1CCN(c2ccccc2F)CC1.I. The first-order valence-electron chi connectivity index (χ1n) is 9.51. The van der Waals surface area contributed by atoms with Crippen LogP contribution in [0.4, 0.5) is 10.1 Å². The molecule has 2 aromatic carbocycles. The number of ether oxygens (including phenoxy) is 1. The van der Waals surface area contributed by atoms with Gasteiger partial charge < -0.3 is 25.0 Å². The Bertz CT molecular complexity index is 826. The molecule has 158 valence electrons. The van der Waals surface area contributed by atoms with Gasteiger partial charge in [-0.05, 0) is 36.8 Å². The van der Waals surface area contributed by atoms with E-state index in [1.54, 1.807) is 18.2 Å². The quantitative estimate of drug-likeness (QED) is 0.364. The molecule has 0 atom stereocenters. The molecule has 1 aliphatic heterocycles. The van der Waals surface area contributed by atoms with Crippen LogP contribution >= 0.6 is 24.0 Å². The molecule has 0 aliphatic carbocycles. The van der Waals surface area contributed by atoms with Crippen molar-refractivity contribution >= 4 is 35.6 Å². The Morgan fingerprint density at radius 2 is 1.90 bits per heavy atom. The van der Waals surface area contributed by atoms with Crippen molar-refractivity contribution in [2.24, 2.45) is 4.99 Å². The molecule has 1 saturated heterocycles. The number of phenolic OH excluding ortho intramolecular Hbond substituents is 1. The van der Waals surface area contributed by atoms with Crippen molar-refractivity contribution in [2.45, 2.75) is 13.5 Å². The van der Waals surface area contributed by atoms with E-state index >= 15 is 0 Å². The van der Waals surface area contributed by atoms with Crippen molar-refractivity contribution in [3.05, 3.63) is 53.8 Å². The Hall–Kier alpha value is -2.23. The summed E-state index contributed by atoms with van der Waals surface area (Å²) in [5.41, 5.74) is 1.55. The second-order valence-corrected chi connectivity index (χ2v) is 6.60. The Labute approximate surface area is 188 Å². The van der Waals surface area contributed by atoms with Gasteiger partial charge in [0.15, 0.2) is 17.5 Å². The molecule has 0 bridgehead atoms. The molecule has 1 fully saturated rings. The molecule has 29 heavy (non-hydrogen) atoms. The minimum atomic E-state index is -0.184. The molecule has 0 unspecified atom stereocenters. The smallest absolute Gasteiger partial charge is 0.194 e. The summed E-state index contributed by atoms with van der Waals surface area (Å²) in [6.07, 6.45) is 0. The summed E-state index contributed by atoms with van der Waals surface area (Å²) in [5, 5.41) is 13.3. The van der Waals surface area contributed by atoms with E-state index in [1.165, 1.54) is 13.2 Å². The van der Waals surface area contributed by atoms with Gasteiger partial charge in [-0.15, -0.1) is 24.0 Å². The first-order valence-corrected chi connectivity index (χ1v) is 9.51. The number of guanidine groups is 1. The van der Waals surface area contributed by atoms with Crippen LogP contribution in [0.2, 0.25) is 0 Å². The first-order chi connectivity index (χ1) is 13.6. The third-order valence-electron chi connectivity index (χ3n) is 4.76. The van der Waals surface area contributed by atoms with Gasteiger partial charge in [0, 0.05) is 32.7 Å². The summed E-state index contributed by atoms with van der Waals surface area (Å²) < 4.78 is 19.1. The van der Waals surface area contributed by atoms with Crippen molar-refractivity contribution in [3.8, 4) is 11.5 Å². The highest BCUT2D eigenvalue weighted by atomic mass is 127. The molecule has 0 aromatic heterocycles. The maximum absolute atomic E-state index is 14.0. The monoisotopic (exact) mass is 514 g/mol. The number of anilines is 1. The zero-order valence-electron chi connectivity index (χ0n) is 16.8. The molecule has 2 aromatic rings. The molecule has 8 heteroatoms. The number of aliphatic imine (C=N–C) groups is 1. The Morgan fingerprint density at radius 3 is 2.52 bits per heavy atom. The number of aromatic hydroxyl groups is 1. The van der Waals surface area contributed by atoms with Gasteiger partial charge in [0.2, 0.25) is 0 Å². The molecule has 0 saturated carbocycles. The number of phenols is 1. The number of nitrogens with one attached hydrogen (secondary N) is 1. The van der Waals surface area contributed by atoms with Crippen LogP contribution < -0.4 is 15.0 Å². The topological polar surface area (TPSA) is 60.3 Å². The van der Waals surface area contributed by atoms with E-state index in [0.717, 1.165) is 44.2 Å². The van der Waals surface area contributed by atoms with Crippen LogP contribution in [0.3, 0.4) is 0 Å². The van der Waals surface area contributed by atoms with Crippen molar-refractivity contribution in [1.82, 2.24) is 10.2 Å². The molecule has 0 spiro atoms. The maximum atomic E-state index is 14.0. The summed E-state index contributed by atoms with van der Waals surface area (Å²) in [4.78, 5) is 8.96. The second kappa shape index (κ2) is 11.1. The minimum Gasteiger partial charge on any atom is -0.504 e. The maximum Gasteiger partial charge on any atom is 0.194 e. The second-order valence-electron chi connectivity index (χ2n) is 6.60. The molecule has 1 aliphatic rings. The predicted molar refractivity (Wildman–Crippen MR) is 125 cm³/mol. The average Bonchev–Trinajstić information content (AvgIpc) is 2.72. The van der Waals surface area contributed by atoms with Crippen LogP contribution in [-0.4, -0.2) is 55.8 Å². The number of methoxy groups -OCH3 is 1. The normalized spacial score (nSPS) is 14.4. The molecule has 3 rings (SSSR count). The van der Waals surface area contributed by atoms with Crippen LogP contribution in [0.5, 0.6) is 11.5 Å². The van der Waals surface area contributed by atoms with Gasteiger partial charge in [-0.1, -0.05) is 18.2 Å². The lowest BCUT2D eigenvalue weighted by Crippen LogP contribution is -2.52. The van der Waals surface area contributed by atoms with Crippen molar-refractivity contribution in [3.63, 3.8) is 0 Å². The fourth-order valence-corrected chi connectivity index (χ4v) is 3.29. The highest BCUT2D eigenvalue weighted by Gasteiger charge is 2.21. The number of para-hydroxylation sites is 1. The third-order valence-corrected chi connectivity index (χ3v) is 4.76. The van der Waals surface area contributed by atoms with E-state index < -0.39 is 0 Å². The van der Waals surface area contributed by atoms with Gasteiger partial charge in [-0.3, -0.25) is 0 Å². The highest BCUT2D eigenvalue weighted by molar-refractivity contribution is 14.0. The van der Waals surface area contributed by atoms with Crippen LogP contribution in [0.15, 0.2) is 47.5 Å². The third kappa shape index (κ3) is 5.88. The average molecular weight is 514 g/mol. The van der Waals surface area contributed by atoms with Crippen LogP contribution in [0.25, 0.3) is 0 Å². The van der Waals surface area contributed by atoms with Gasteiger partial charge in [0.25, 0.3) is 0 Å². The van der Waals surface area contributed by atoms with Crippen molar-refractivity contribution in [2.75, 3.05) is 44.7 Å². The number of piperazine rings is 1. The zero-order chi connectivity index (χ0) is 19.9. The number of hydrogen-bond acceptors (Lipinski definition) is 4. The Morgan fingerprint density at radius 1 is 1.17 bits per heavy atom. The molecule has 6 nitrogen and oxygen atoms in total. The molecule has 0 radical (unpaired) electrons. The minimum absolute atomic E-state index is 0. The largest absolute Gasteiger partial charge is 0.504 e. The molecule has 0 amide bonds. The zero-order valence-corrected chi connectivity index (χ0v) is 19.1. The van der Waals surface area contributed by atoms with Gasteiger partial charge in [0.05, 0.1) is 19.3 Å². The summed E-state index contributed by atoms with van der Waals surface area (Å²) in [7, 11) is 1.52. The lowest BCUT2D eigenvalue weighted by atomic mass is 10.2. The Kier molecular flexibility index (Phi) is 8.81. The molecule has 2 N–H and O–H groups in total. The number of rotatable bonds is 5. The van der Waals surface area contributed by atoms with Gasteiger partial charge in [0.1, 0.15) is 5.82 Å². The number of halogens is 2. The van der Waals surface area contributed by atoms with Gasteiger partial charge in [-0.25, -0.2) is 9.38 Å². The van der Waals surface area contributed by atoms with Gasteiger partial charge in [-0.2, -0.15) is 0 Å². The van der Waals surface area contributed by atoms with Crippen LogP contribution in [-0.2, 0) is 6.54 Å². The summed E-state index contributed by atoms with van der Waals surface area (Å²) in [6, 6.07) is 12.2. The highest BCUT2D eigenvalue weighted by Crippen LogP contribution is 2.26. The lowest BCUT2D eigenvalue weighted by Gasteiger charge is -2.37. The fourth-order valence-electron chi connectivity index (χ4n) is 3.29. The van der Waals surface area contributed by atoms with Crippen LogP contribution in [0.1, 0.15) is 12.5 Å². The lowest BCUT2D eigenvalue weighted by molar-refractivity contribution is 0.370. The summed E-state index contributed by atoms with van der Waals surface area (Å²) in [5.74, 6) is 1.20. The van der Waals surface area contributed by atoms with Crippen molar-refractivity contribution < 1.29 is 14.2 Å². The molecular weight excluding hydrogens is 486 g/mol. The molecular formula is C21H28FIN4O2.